The minimum atomic E-state index is -0.653. The van der Waals surface area contributed by atoms with Gasteiger partial charge in [-0.25, -0.2) is 4.79 Å². The van der Waals surface area contributed by atoms with Crippen molar-refractivity contribution in [2.24, 2.45) is 28.9 Å². The molecule has 5 saturated carbocycles. The summed E-state index contributed by atoms with van der Waals surface area (Å²) in [5.74, 6) is 0.990. The van der Waals surface area contributed by atoms with Crippen LogP contribution in [0.15, 0.2) is 30.5 Å². The number of benzene rings is 1. The number of nitrogens with one attached hydrogen (secondary N) is 1. The predicted molar refractivity (Wildman–Crippen MR) is 141 cm³/mol. The number of piperidine rings is 1. The van der Waals surface area contributed by atoms with Gasteiger partial charge in [-0.2, -0.15) is 5.26 Å². The smallest absolute Gasteiger partial charge is 0.328 e. The van der Waals surface area contributed by atoms with E-state index in [4.69, 9.17) is 10.5 Å². The van der Waals surface area contributed by atoms with Gasteiger partial charge in [0.15, 0.2) is 0 Å². The van der Waals surface area contributed by atoms with Gasteiger partial charge in [-0.05, 0) is 94.7 Å². The molecule has 5 aliphatic carbocycles. The van der Waals surface area contributed by atoms with E-state index in [1.165, 1.54) is 0 Å². The van der Waals surface area contributed by atoms with E-state index >= 15 is 0 Å². The van der Waals surface area contributed by atoms with Crippen LogP contribution >= 0.6 is 0 Å². The number of carbonyl (C=O) groups excluding carboxylic acids is 2. The largest absolute Gasteiger partial charge is 0.458 e. The van der Waals surface area contributed by atoms with Gasteiger partial charge in [-0.3, -0.25) is 9.69 Å². The number of esters is 1. The van der Waals surface area contributed by atoms with Crippen LogP contribution in [0.25, 0.3) is 10.9 Å². The average Bonchev–Trinajstić information content (AvgIpc) is 3.34. The molecule has 1 aromatic heterocycles. The van der Waals surface area contributed by atoms with Crippen molar-refractivity contribution < 1.29 is 14.3 Å². The SMILES string of the molecule is CN(C)C(C(=O)OC12CC3CC(C1)CC(C(N)C(=O)N1C(C#N)CC4CC41)(C3)C2)c1c[nH]c2ccccc12. The summed E-state index contributed by atoms with van der Waals surface area (Å²) in [6, 6.07) is 9.01. The number of ether oxygens (including phenoxy) is 1. The van der Waals surface area contributed by atoms with Crippen molar-refractivity contribution >= 4 is 22.8 Å². The molecular weight excluding hydrogens is 478 g/mol. The molecule has 2 aromatic rings. The Kier molecular flexibility index (Phi) is 5.28. The van der Waals surface area contributed by atoms with Crippen LogP contribution in [0.2, 0.25) is 0 Å². The summed E-state index contributed by atoms with van der Waals surface area (Å²) < 4.78 is 6.57. The number of aromatic nitrogens is 1. The molecule has 7 atom stereocenters. The van der Waals surface area contributed by atoms with E-state index < -0.39 is 17.7 Å². The second-order valence-electron chi connectivity index (χ2n) is 13.3. The molecule has 8 heteroatoms. The molecule has 3 N–H and O–H groups in total. The molecule has 0 radical (unpaired) electrons. The first-order chi connectivity index (χ1) is 18.2. The number of nitrogens with two attached hydrogens (primary N) is 1. The van der Waals surface area contributed by atoms with E-state index in [0.29, 0.717) is 24.2 Å². The van der Waals surface area contributed by atoms with Gasteiger partial charge in [0.1, 0.15) is 17.7 Å². The summed E-state index contributed by atoms with van der Waals surface area (Å²) in [7, 11) is 3.83. The number of likely N-dealkylation sites (N-methyl/N-ethyl adjacent to an activating group) is 1. The van der Waals surface area contributed by atoms with E-state index in [1.807, 2.05) is 54.4 Å². The Balaban J connectivity index is 1.16. The molecule has 1 aliphatic heterocycles. The zero-order valence-corrected chi connectivity index (χ0v) is 22.2. The number of nitrogens with zero attached hydrogens (tertiary/aromatic N) is 3. The lowest BCUT2D eigenvalue weighted by Crippen LogP contribution is -2.65. The Hall–Kier alpha value is -2.89. The predicted octanol–water partition coefficient (Wildman–Crippen LogP) is 3.49. The number of para-hydroxylation sites is 1. The van der Waals surface area contributed by atoms with Crippen molar-refractivity contribution in [1.82, 2.24) is 14.8 Å². The van der Waals surface area contributed by atoms with Gasteiger partial charge in [0.05, 0.1) is 12.1 Å². The fourth-order valence-corrected chi connectivity index (χ4v) is 9.25. The van der Waals surface area contributed by atoms with Gasteiger partial charge in [0.25, 0.3) is 0 Å². The zero-order valence-electron chi connectivity index (χ0n) is 22.2. The van der Waals surface area contributed by atoms with Gasteiger partial charge < -0.3 is 20.4 Å². The molecule has 6 fully saturated rings. The van der Waals surface area contributed by atoms with Crippen molar-refractivity contribution in [2.75, 3.05) is 14.1 Å². The fourth-order valence-electron chi connectivity index (χ4n) is 9.25. The summed E-state index contributed by atoms with van der Waals surface area (Å²) >= 11 is 0. The molecule has 200 valence electrons. The number of aromatic amines is 1. The first kappa shape index (κ1) is 24.2. The van der Waals surface area contributed by atoms with Crippen LogP contribution in [-0.4, -0.2) is 64.5 Å². The first-order valence-electron chi connectivity index (χ1n) is 14.2. The molecule has 7 unspecified atom stereocenters. The minimum absolute atomic E-state index is 0.0602. The number of nitriles is 1. The van der Waals surface area contributed by atoms with Gasteiger partial charge in [-0.15, -0.1) is 0 Å². The third-order valence-corrected chi connectivity index (χ3v) is 10.5. The Labute approximate surface area is 223 Å². The molecule has 8 rings (SSSR count). The van der Waals surface area contributed by atoms with Crippen molar-refractivity contribution in [1.29, 1.82) is 5.26 Å². The molecule has 38 heavy (non-hydrogen) atoms. The maximum absolute atomic E-state index is 13.9. The average molecular weight is 516 g/mol. The Bertz CT molecular complexity index is 1330. The fraction of sp³-hybridized carbons (Fsp3) is 0.633. The molecule has 1 saturated heterocycles. The molecule has 1 amide bonds. The van der Waals surface area contributed by atoms with Gasteiger partial charge in [0.2, 0.25) is 5.91 Å². The second-order valence-corrected chi connectivity index (χ2v) is 13.3. The summed E-state index contributed by atoms with van der Waals surface area (Å²) in [4.78, 5) is 34.8. The second kappa shape index (κ2) is 8.30. The number of likely N-dealkylation sites (tertiary alicyclic amines) is 1. The Morgan fingerprint density at radius 2 is 1.89 bits per heavy atom. The number of amides is 1. The lowest BCUT2D eigenvalue weighted by Gasteiger charge is -2.62. The van der Waals surface area contributed by atoms with Crippen LogP contribution in [0.4, 0.5) is 0 Å². The molecular formula is C30H37N5O3. The summed E-state index contributed by atoms with van der Waals surface area (Å²) in [6.07, 6.45) is 8.97. The van der Waals surface area contributed by atoms with E-state index in [0.717, 1.165) is 61.4 Å². The highest BCUT2D eigenvalue weighted by Crippen LogP contribution is 2.64. The first-order valence-corrected chi connectivity index (χ1v) is 14.2. The van der Waals surface area contributed by atoms with E-state index in [2.05, 4.69) is 11.1 Å². The molecule has 2 heterocycles. The number of hydrogen-bond acceptors (Lipinski definition) is 6. The van der Waals surface area contributed by atoms with E-state index in [9.17, 15) is 14.9 Å². The van der Waals surface area contributed by atoms with Crippen LogP contribution in [-0.2, 0) is 14.3 Å². The van der Waals surface area contributed by atoms with Crippen molar-refractivity contribution in [3.8, 4) is 6.07 Å². The van der Waals surface area contributed by atoms with Crippen LogP contribution < -0.4 is 5.73 Å². The maximum atomic E-state index is 13.9. The van der Waals surface area contributed by atoms with Crippen molar-refractivity contribution in [3.63, 3.8) is 0 Å². The monoisotopic (exact) mass is 515 g/mol. The summed E-state index contributed by atoms with van der Waals surface area (Å²) in [5.41, 5.74) is 7.83. The number of H-pyrrole nitrogens is 1. The summed E-state index contributed by atoms with van der Waals surface area (Å²) in [5, 5.41) is 10.7. The molecule has 4 bridgehead atoms. The van der Waals surface area contributed by atoms with Crippen LogP contribution in [0, 0.1) is 34.5 Å². The number of carbonyl (C=O) groups is 2. The zero-order chi connectivity index (χ0) is 26.4. The van der Waals surface area contributed by atoms with Gasteiger partial charge >= 0.3 is 5.97 Å². The molecule has 6 aliphatic rings. The van der Waals surface area contributed by atoms with Crippen LogP contribution in [0.3, 0.4) is 0 Å². The standard InChI is InChI=1S/C30H37N5O3/c1-34(2)25(22-15-33-23-6-4-3-5-21(22)23)28(37)38-30-12-17-7-18(13-30)11-29(10-17,16-30)26(32)27(36)35-20(14-31)8-19-9-24(19)35/h3-6,15,17-20,24-26,33H,7-13,16,32H2,1-2H3. The highest BCUT2D eigenvalue weighted by molar-refractivity contribution is 5.90. The van der Waals surface area contributed by atoms with Crippen molar-refractivity contribution in [3.05, 3.63) is 36.0 Å². The maximum Gasteiger partial charge on any atom is 0.328 e. The van der Waals surface area contributed by atoms with Gasteiger partial charge in [0, 0.05) is 28.7 Å². The highest BCUT2D eigenvalue weighted by atomic mass is 16.6. The lowest BCUT2D eigenvalue weighted by molar-refractivity contribution is -0.209. The van der Waals surface area contributed by atoms with Crippen molar-refractivity contribution in [2.45, 2.75) is 81.1 Å². The lowest BCUT2D eigenvalue weighted by atomic mass is 9.46. The Morgan fingerprint density at radius 1 is 1.16 bits per heavy atom. The summed E-state index contributed by atoms with van der Waals surface area (Å²) in [6.45, 7) is 0. The molecule has 0 spiro atoms. The van der Waals surface area contributed by atoms with Gasteiger partial charge in [-0.1, -0.05) is 18.2 Å². The topological polar surface area (TPSA) is 115 Å². The highest BCUT2D eigenvalue weighted by Gasteiger charge is 2.64. The molecule has 1 aromatic carbocycles. The third kappa shape index (κ3) is 3.55. The van der Waals surface area contributed by atoms with Crippen LogP contribution in [0.5, 0.6) is 0 Å². The number of rotatable bonds is 6. The third-order valence-electron chi connectivity index (χ3n) is 10.5. The molecule has 8 nitrogen and oxygen atoms in total. The normalized spacial score (nSPS) is 38.2. The Morgan fingerprint density at radius 3 is 2.61 bits per heavy atom. The number of fused-ring (bicyclic) bond motifs is 2. The minimum Gasteiger partial charge on any atom is -0.458 e. The number of hydrogen-bond donors (Lipinski definition) is 2. The van der Waals surface area contributed by atoms with E-state index in [-0.39, 0.29) is 29.4 Å². The quantitative estimate of drug-likeness (QED) is 0.569. The van der Waals surface area contributed by atoms with E-state index in [1.54, 1.807) is 0 Å². The van der Waals surface area contributed by atoms with Crippen LogP contribution in [0.1, 0.15) is 63.0 Å².